The van der Waals surface area contributed by atoms with Crippen LogP contribution in [0.4, 0.5) is 0 Å². The zero-order chi connectivity index (χ0) is 15.6. The number of aromatic nitrogens is 3. The van der Waals surface area contributed by atoms with Crippen molar-refractivity contribution in [3.8, 4) is 11.5 Å². The summed E-state index contributed by atoms with van der Waals surface area (Å²) in [5, 5.41) is 12.4. The highest BCUT2D eigenvalue weighted by Gasteiger charge is 2.27. The Morgan fingerprint density at radius 2 is 2.09 bits per heavy atom. The summed E-state index contributed by atoms with van der Waals surface area (Å²) in [4.78, 5) is 0. The van der Waals surface area contributed by atoms with E-state index >= 15 is 0 Å². The molecule has 3 aromatic rings. The average Bonchev–Trinajstić information content (AvgIpc) is 3.21. The molecule has 0 saturated carbocycles. The third kappa shape index (κ3) is 3.02. The van der Waals surface area contributed by atoms with Crippen LogP contribution in [0.3, 0.4) is 0 Å². The molecular weight excluding hydrogens is 318 g/mol. The number of fused-ring (bicyclic) bond motifs is 1. The molecule has 0 spiro atoms. The fraction of sp³-hybridized carbons (Fsp3) is 0.267. The fourth-order valence-electron chi connectivity index (χ4n) is 2.17. The van der Waals surface area contributed by atoms with Crippen LogP contribution in [0.2, 0.25) is 0 Å². The Bertz CT molecular complexity index is 816. The molecule has 0 bridgehead atoms. The number of aryl methyl sites for hydroxylation is 1. The molecule has 1 aromatic carbocycles. The molecule has 0 unspecified atom stereocenters. The number of hydrogen-bond donors (Lipinski definition) is 0. The van der Waals surface area contributed by atoms with Crippen molar-refractivity contribution in [3.63, 3.8) is 0 Å². The molecule has 1 atom stereocenters. The maximum Gasteiger partial charge on any atom is 0.277 e. The van der Waals surface area contributed by atoms with E-state index in [0.29, 0.717) is 29.2 Å². The summed E-state index contributed by atoms with van der Waals surface area (Å²) >= 11 is 1.40. The minimum absolute atomic E-state index is 0.339. The third-order valence-electron chi connectivity index (χ3n) is 3.23. The highest BCUT2D eigenvalue weighted by atomic mass is 32.2. The molecule has 0 N–H and O–H groups in total. The average molecular weight is 331 g/mol. The van der Waals surface area contributed by atoms with Gasteiger partial charge in [0.25, 0.3) is 11.1 Å². The van der Waals surface area contributed by atoms with Crippen LogP contribution in [0.1, 0.15) is 23.4 Å². The van der Waals surface area contributed by atoms with E-state index in [4.69, 9.17) is 18.4 Å². The van der Waals surface area contributed by atoms with Crippen molar-refractivity contribution in [2.24, 2.45) is 0 Å². The van der Waals surface area contributed by atoms with Gasteiger partial charge in [-0.1, -0.05) is 29.1 Å². The van der Waals surface area contributed by atoms with Gasteiger partial charge in [-0.3, -0.25) is 0 Å². The van der Waals surface area contributed by atoms with Crippen molar-refractivity contribution in [2.45, 2.75) is 24.0 Å². The SMILES string of the molecule is Cc1cc(CSc2nnc([C@H]3COc4ccccc4O3)o2)no1. The predicted octanol–water partition coefficient (Wildman–Crippen LogP) is 3.17. The molecule has 23 heavy (non-hydrogen) atoms. The van der Waals surface area contributed by atoms with Crippen LogP contribution in [0.15, 0.2) is 44.5 Å². The van der Waals surface area contributed by atoms with E-state index in [0.717, 1.165) is 17.2 Å². The maximum absolute atomic E-state index is 5.84. The Hall–Kier alpha value is -2.48. The molecule has 7 nitrogen and oxygen atoms in total. The minimum atomic E-state index is -0.402. The molecule has 0 aliphatic carbocycles. The standard InChI is InChI=1S/C15H13N3O4S/c1-9-6-10(18-22-9)8-23-15-17-16-14(21-15)13-7-19-11-4-2-3-5-12(11)20-13/h2-6,13H,7-8H2,1H3/t13-/m1/s1. The Balaban J connectivity index is 1.42. The van der Waals surface area contributed by atoms with Gasteiger partial charge in [0.2, 0.25) is 6.10 Å². The number of rotatable bonds is 4. The van der Waals surface area contributed by atoms with E-state index in [1.807, 2.05) is 37.3 Å². The van der Waals surface area contributed by atoms with Crippen LogP contribution in [0.25, 0.3) is 0 Å². The van der Waals surface area contributed by atoms with Crippen molar-refractivity contribution >= 4 is 11.8 Å². The van der Waals surface area contributed by atoms with Crippen molar-refractivity contribution in [1.29, 1.82) is 0 Å². The zero-order valence-electron chi connectivity index (χ0n) is 12.3. The molecule has 4 rings (SSSR count). The first-order valence-corrected chi connectivity index (χ1v) is 8.03. The van der Waals surface area contributed by atoms with E-state index in [9.17, 15) is 0 Å². The molecule has 2 aromatic heterocycles. The van der Waals surface area contributed by atoms with E-state index < -0.39 is 6.10 Å². The van der Waals surface area contributed by atoms with Crippen molar-refractivity contribution in [2.75, 3.05) is 6.61 Å². The molecule has 0 radical (unpaired) electrons. The highest BCUT2D eigenvalue weighted by Crippen LogP contribution is 2.36. The Labute approximate surface area is 136 Å². The number of hydrogen-bond acceptors (Lipinski definition) is 8. The topological polar surface area (TPSA) is 83.4 Å². The Kier molecular flexibility index (Phi) is 3.66. The lowest BCUT2D eigenvalue weighted by Crippen LogP contribution is -2.21. The number of nitrogens with zero attached hydrogens (tertiary/aromatic N) is 3. The summed E-state index contributed by atoms with van der Waals surface area (Å²) in [6.45, 7) is 2.19. The lowest BCUT2D eigenvalue weighted by Gasteiger charge is -2.23. The van der Waals surface area contributed by atoms with E-state index in [1.54, 1.807) is 0 Å². The second-order valence-electron chi connectivity index (χ2n) is 4.99. The van der Waals surface area contributed by atoms with Gasteiger partial charge in [0.1, 0.15) is 12.4 Å². The van der Waals surface area contributed by atoms with Gasteiger partial charge in [-0.2, -0.15) is 0 Å². The second-order valence-corrected chi connectivity index (χ2v) is 5.91. The Morgan fingerprint density at radius 1 is 1.22 bits per heavy atom. The first-order chi connectivity index (χ1) is 11.3. The van der Waals surface area contributed by atoms with Gasteiger partial charge in [-0.15, -0.1) is 10.2 Å². The molecule has 118 valence electrons. The van der Waals surface area contributed by atoms with Crippen molar-refractivity contribution in [1.82, 2.24) is 15.4 Å². The molecule has 1 aliphatic heterocycles. The summed E-state index contributed by atoms with van der Waals surface area (Å²) in [6.07, 6.45) is -0.402. The van der Waals surface area contributed by atoms with Gasteiger partial charge in [0, 0.05) is 11.8 Å². The van der Waals surface area contributed by atoms with Crippen molar-refractivity contribution < 1.29 is 18.4 Å². The summed E-state index contributed by atoms with van der Waals surface area (Å²) in [6, 6.07) is 9.37. The van der Waals surface area contributed by atoms with Gasteiger partial charge < -0.3 is 18.4 Å². The molecule has 0 fully saturated rings. The van der Waals surface area contributed by atoms with Crippen LogP contribution < -0.4 is 9.47 Å². The molecule has 0 saturated heterocycles. The van der Waals surface area contributed by atoms with Gasteiger partial charge in [-0.25, -0.2) is 0 Å². The number of benzene rings is 1. The van der Waals surface area contributed by atoms with Gasteiger partial charge in [0.05, 0.1) is 5.69 Å². The molecule has 3 heterocycles. The second kappa shape index (κ2) is 5.96. The monoisotopic (exact) mass is 331 g/mol. The summed E-state index contributed by atoms with van der Waals surface area (Å²) in [7, 11) is 0. The van der Waals surface area contributed by atoms with Crippen LogP contribution in [-0.2, 0) is 5.75 Å². The molecule has 1 aliphatic rings. The Morgan fingerprint density at radius 3 is 2.91 bits per heavy atom. The van der Waals surface area contributed by atoms with Gasteiger partial charge >= 0.3 is 0 Å². The summed E-state index contributed by atoms with van der Waals surface area (Å²) < 4.78 is 22.2. The first-order valence-electron chi connectivity index (χ1n) is 7.05. The lowest BCUT2D eigenvalue weighted by molar-refractivity contribution is 0.0686. The number of ether oxygens (including phenoxy) is 2. The summed E-state index contributed by atoms with van der Waals surface area (Å²) in [5.41, 5.74) is 0.832. The van der Waals surface area contributed by atoms with E-state index in [2.05, 4.69) is 15.4 Å². The smallest absolute Gasteiger partial charge is 0.277 e. The van der Waals surface area contributed by atoms with Crippen LogP contribution in [0.5, 0.6) is 11.5 Å². The van der Waals surface area contributed by atoms with Crippen LogP contribution in [-0.4, -0.2) is 22.0 Å². The zero-order valence-corrected chi connectivity index (χ0v) is 13.1. The normalized spacial score (nSPS) is 16.5. The van der Waals surface area contributed by atoms with Gasteiger partial charge in [0.15, 0.2) is 11.5 Å². The molecule has 8 heteroatoms. The lowest BCUT2D eigenvalue weighted by atomic mass is 10.2. The predicted molar refractivity (Wildman–Crippen MR) is 80.4 cm³/mol. The highest BCUT2D eigenvalue weighted by molar-refractivity contribution is 7.98. The quantitative estimate of drug-likeness (QED) is 0.674. The van der Waals surface area contributed by atoms with Gasteiger partial charge in [-0.05, 0) is 19.1 Å². The minimum Gasteiger partial charge on any atom is -0.485 e. The summed E-state index contributed by atoms with van der Waals surface area (Å²) in [5.74, 6) is 3.18. The maximum atomic E-state index is 5.84. The van der Waals surface area contributed by atoms with Crippen LogP contribution in [0, 0.1) is 6.92 Å². The largest absolute Gasteiger partial charge is 0.485 e. The third-order valence-corrected chi connectivity index (χ3v) is 4.08. The van der Waals surface area contributed by atoms with E-state index in [-0.39, 0.29) is 0 Å². The molecular formula is C15H13N3O4S. The van der Waals surface area contributed by atoms with Crippen molar-refractivity contribution in [3.05, 3.63) is 47.7 Å². The fourth-order valence-corrected chi connectivity index (χ4v) is 2.82. The van der Waals surface area contributed by atoms with Crippen LogP contribution >= 0.6 is 11.8 Å². The van der Waals surface area contributed by atoms with E-state index in [1.165, 1.54) is 11.8 Å². The number of thioether (sulfide) groups is 1. The first kappa shape index (κ1) is 14.1. The number of para-hydroxylation sites is 2. The molecule has 0 amide bonds.